The minimum atomic E-state index is -0.109. The lowest BCUT2D eigenvalue weighted by molar-refractivity contribution is 0.0298. The number of ether oxygens (including phenoxy) is 3. The molecule has 2 heterocycles. The van der Waals surface area contributed by atoms with E-state index < -0.39 is 0 Å². The van der Waals surface area contributed by atoms with E-state index in [4.69, 9.17) is 14.2 Å². The fourth-order valence-corrected chi connectivity index (χ4v) is 2.83. The third-order valence-corrected chi connectivity index (χ3v) is 4.34. The Labute approximate surface area is 158 Å². The molecule has 1 saturated heterocycles. The summed E-state index contributed by atoms with van der Waals surface area (Å²) in [5.74, 6) is 1.94. The highest BCUT2D eigenvalue weighted by Crippen LogP contribution is 2.27. The number of hydrogen-bond donors (Lipinski definition) is 1. The molecule has 0 radical (unpaired) electrons. The SMILES string of the molecule is COc1ccc(CCNc2cnc(C(=O)N3CCOCC3)cn2)cc1OC. The van der Waals surface area contributed by atoms with Crippen LogP contribution < -0.4 is 14.8 Å². The van der Waals surface area contributed by atoms with E-state index in [-0.39, 0.29) is 5.91 Å². The normalized spacial score (nSPS) is 13.9. The molecule has 27 heavy (non-hydrogen) atoms. The van der Waals surface area contributed by atoms with Gasteiger partial charge < -0.3 is 24.4 Å². The summed E-state index contributed by atoms with van der Waals surface area (Å²) >= 11 is 0. The third kappa shape index (κ3) is 4.85. The predicted octanol–water partition coefficient (Wildman–Crippen LogP) is 1.62. The summed E-state index contributed by atoms with van der Waals surface area (Å²) < 4.78 is 15.8. The highest BCUT2D eigenvalue weighted by atomic mass is 16.5. The molecule has 3 rings (SSSR count). The van der Waals surface area contributed by atoms with Crippen LogP contribution in [0.5, 0.6) is 11.5 Å². The van der Waals surface area contributed by atoms with Gasteiger partial charge in [0.05, 0.1) is 39.8 Å². The Morgan fingerprint density at radius 3 is 2.59 bits per heavy atom. The van der Waals surface area contributed by atoms with Crippen LogP contribution in [0.15, 0.2) is 30.6 Å². The lowest BCUT2D eigenvalue weighted by Gasteiger charge is -2.26. The van der Waals surface area contributed by atoms with Crippen LogP contribution in [0.25, 0.3) is 0 Å². The molecule has 1 aromatic carbocycles. The molecule has 1 aromatic heterocycles. The number of morpholine rings is 1. The van der Waals surface area contributed by atoms with E-state index in [1.165, 1.54) is 6.20 Å². The van der Waals surface area contributed by atoms with E-state index in [0.29, 0.717) is 55.9 Å². The van der Waals surface area contributed by atoms with Crippen molar-refractivity contribution in [1.82, 2.24) is 14.9 Å². The Balaban J connectivity index is 1.52. The van der Waals surface area contributed by atoms with Gasteiger partial charge >= 0.3 is 0 Å². The molecule has 0 aliphatic carbocycles. The number of amides is 1. The van der Waals surface area contributed by atoms with Crippen molar-refractivity contribution in [3.63, 3.8) is 0 Å². The average Bonchev–Trinajstić information content (AvgIpc) is 2.74. The second-order valence-corrected chi connectivity index (χ2v) is 6.06. The van der Waals surface area contributed by atoms with Gasteiger partial charge in [-0.05, 0) is 24.1 Å². The van der Waals surface area contributed by atoms with Gasteiger partial charge in [0.1, 0.15) is 11.5 Å². The van der Waals surface area contributed by atoms with Crippen molar-refractivity contribution in [3.05, 3.63) is 41.9 Å². The number of methoxy groups -OCH3 is 2. The van der Waals surface area contributed by atoms with E-state index in [2.05, 4.69) is 15.3 Å². The number of aromatic nitrogens is 2. The predicted molar refractivity (Wildman–Crippen MR) is 100 cm³/mol. The van der Waals surface area contributed by atoms with Gasteiger partial charge in [0.15, 0.2) is 11.5 Å². The van der Waals surface area contributed by atoms with Gasteiger partial charge in [0, 0.05) is 19.6 Å². The second-order valence-electron chi connectivity index (χ2n) is 6.06. The summed E-state index contributed by atoms with van der Waals surface area (Å²) in [5.41, 5.74) is 1.47. The lowest BCUT2D eigenvalue weighted by Crippen LogP contribution is -2.41. The van der Waals surface area contributed by atoms with Gasteiger partial charge in [-0.1, -0.05) is 6.07 Å². The molecule has 8 heteroatoms. The van der Waals surface area contributed by atoms with E-state index >= 15 is 0 Å². The summed E-state index contributed by atoms with van der Waals surface area (Å²) in [7, 11) is 3.24. The second kappa shape index (κ2) is 9.18. The van der Waals surface area contributed by atoms with Gasteiger partial charge in [-0.2, -0.15) is 0 Å². The summed E-state index contributed by atoms with van der Waals surface area (Å²) in [4.78, 5) is 22.6. The first kappa shape index (κ1) is 18.9. The zero-order valence-electron chi connectivity index (χ0n) is 15.6. The first-order valence-corrected chi connectivity index (χ1v) is 8.85. The molecule has 1 aliphatic rings. The molecule has 1 N–H and O–H groups in total. The number of hydrogen-bond acceptors (Lipinski definition) is 7. The summed E-state index contributed by atoms with van der Waals surface area (Å²) in [6.07, 6.45) is 3.88. The molecule has 0 unspecified atom stereocenters. The monoisotopic (exact) mass is 372 g/mol. The number of benzene rings is 1. The molecule has 1 amide bonds. The van der Waals surface area contributed by atoms with Crippen LogP contribution in [0.4, 0.5) is 5.82 Å². The van der Waals surface area contributed by atoms with Crippen molar-refractivity contribution in [2.24, 2.45) is 0 Å². The van der Waals surface area contributed by atoms with Gasteiger partial charge in [-0.15, -0.1) is 0 Å². The Bertz CT molecular complexity index is 761. The van der Waals surface area contributed by atoms with Crippen molar-refractivity contribution in [2.45, 2.75) is 6.42 Å². The summed E-state index contributed by atoms with van der Waals surface area (Å²) in [5, 5.41) is 3.21. The molecule has 0 spiro atoms. The van der Waals surface area contributed by atoms with Gasteiger partial charge in [0.2, 0.25) is 0 Å². The van der Waals surface area contributed by atoms with Crippen LogP contribution in [-0.2, 0) is 11.2 Å². The first-order valence-electron chi connectivity index (χ1n) is 8.85. The highest BCUT2D eigenvalue weighted by Gasteiger charge is 2.19. The summed E-state index contributed by atoms with van der Waals surface area (Å²) in [6, 6.07) is 5.84. The Morgan fingerprint density at radius 2 is 1.93 bits per heavy atom. The Hall–Kier alpha value is -2.87. The largest absolute Gasteiger partial charge is 0.493 e. The Kier molecular flexibility index (Phi) is 6.43. The van der Waals surface area contributed by atoms with Crippen LogP contribution in [0, 0.1) is 0 Å². The van der Waals surface area contributed by atoms with Crippen molar-refractivity contribution >= 4 is 11.7 Å². The van der Waals surface area contributed by atoms with E-state index in [1.807, 2.05) is 18.2 Å². The Morgan fingerprint density at radius 1 is 1.15 bits per heavy atom. The quantitative estimate of drug-likeness (QED) is 0.790. The standard InChI is InChI=1S/C19H24N4O4/c1-25-16-4-3-14(11-17(16)26-2)5-6-20-18-13-21-15(12-22-18)19(24)23-7-9-27-10-8-23/h3-4,11-13H,5-10H2,1-2H3,(H,20,22). The van der Waals surface area contributed by atoms with Gasteiger partial charge in [-0.3, -0.25) is 4.79 Å². The minimum Gasteiger partial charge on any atom is -0.493 e. The molecule has 0 atom stereocenters. The zero-order valence-corrected chi connectivity index (χ0v) is 15.6. The maximum absolute atomic E-state index is 12.3. The number of carbonyl (C=O) groups excluding carboxylic acids is 1. The van der Waals surface area contributed by atoms with Crippen LogP contribution in [-0.4, -0.2) is 67.8 Å². The van der Waals surface area contributed by atoms with Crippen molar-refractivity contribution in [1.29, 1.82) is 0 Å². The summed E-state index contributed by atoms with van der Waals surface area (Å²) in [6.45, 7) is 2.99. The van der Waals surface area contributed by atoms with Crippen LogP contribution in [0.1, 0.15) is 16.1 Å². The molecule has 1 aliphatic heterocycles. The van der Waals surface area contributed by atoms with E-state index in [0.717, 1.165) is 12.0 Å². The molecule has 0 bridgehead atoms. The van der Waals surface area contributed by atoms with Gasteiger partial charge in [0.25, 0.3) is 5.91 Å². The van der Waals surface area contributed by atoms with Crippen molar-refractivity contribution in [2.75, 3.05) is 52.4 Å². The van der Waals surface area contributed by atoms with E-state index in [9.17, 15) is 4.79 Å². The molecule has 0 saturated carbocycles. The average molecular weight is 372 g/mol. The first-order chi connectivity index (χ1) is 13.2. The van der Waals surface area contributed by atoms with E-state index in [1.54, 1.807) is 25.3 Å². The van der Waals surface area contributed by atoms with Gasteiger partial charge in [-0.25, -0.2) is 9.97 Å². The fraction of sp³-hybridized carbons (Fsp3) is 0.421. The third-order valence-electron chi connectivity index (χ3n) is 4.34. The van der Waals surface area contributed by atoms with Crippen molar-refractivity contribution < 1.29 is 19.0 Å². The number of nitrogens with zero attached hydrogens (tertiary/aromatic N) is 3. The number of nitrogens with one attached hydrogen (secondary N) is 1. The molecule has 8 nitrogen and oxygen atoms in total. The van der Waals surface area contributed by atoms with Crippen LogP contribution in [0.3, 0.4) is 0 Å². The van der Waals surface area contributed by atoms with Crippen LogP contribution >= 0.6 is 0 Å². The van der Waals surface area contributed by atoms with Crippen LogP contribution in [0.2, 0.25) is 0 Å². The molecule has 1 fully saturated rings. The minimum absolute atomic E-state index is 0.109. The maximum atomic E-state index is 12.3. The molecular weight excluding hydrogens is 348 g/mol. The maximum Gasteiger partial charge on any atom is 0.274 e. The lowest BCUT2D eigenvalue weighted by atomic mass is 10.1. The zero-order chi connectivity index (χ0) is 19.1. The highest BCUT2D eigenvalue weighted by molar-refractivity contribution is 5.92. The van der Waals surface area contributed by atoms with Crippen molar-refractivity contribution in [3.8, 4) is 11.5 Å². The topological polar surface area (TPSA) is 85.8 Å². The fourth-order valence-electron chi connectivity index (χ4n) is 2.83. The molecular formula is C19H24N4O4. The number of anilines is 1. The molecule has 2 aromatic rings. The smallest absolute Gasteiger partial charge is 0.274 e. The molecule has 144 valence electrons. The number of carbonyl (C=O) groups is 1. The number of rotatable bonds is 7.